The summed E-state index contributed by atoms with van der Waals surface area (Å²) in [5, 5.41) is 0. The molecule has 1 aromatic rings. The van der Waals surface area contributed by atoms with Crippen LogP contribution in [-0.2, 0) is 15.6 Å². The van der Waals surface area contributed by atoms with Crippen molar-refractivity contribution in [1.29, 1.82) is 0 Å². The van der Waals surface area contributed by atoms with Crippen LogP contribution in [0.5, 0.6) is 0 Å². The molecule has 5 nitrogen and oxygen atoms in total. The quantitative estimate of drug-likeness (QED) is 0.740. The molecule has 0 N–H and O–H groups in total. The number of amides is 1. The number of carbonyl (C=O) groups excluding carboxylic acids is 1. The molecule has 1 aliphatic heterocycles. The Morgan fingerprint density at radius 2 is 1.75 bits per heavy atom. The molecule has 0 aromatic heterocycles. The highest BCUT2D eigenvalue weighted by atomic mass is 32.2. The van der Waals surface area contributed by atoms with Gasteiger partial charge in [-0.2, -0.15) is 0 Å². The van der Waals surface area contributed by atoms with Gasteiger partial charge in [-0.3, -0.25) is 13.9 Å². The van der Waals surface area contributed by atoms with Crippen LogP contribution in [0.15, 0.2) is 30.3 Å². The summed E-state index contributed by atoms with van der Waals surface area (Å²) in [5.41, 5.74) is 1.17. The highest BCUT2D eigenvalue weighted by molar-refractivity contribution is 7.85. The van der Waals surface area contributed by atoms with E-state index >= 15 is 0 Å². The number of benzene rings is 1. The molecule has 0 radical (unpaired) electrons. The van der Waals surface area contributed by atoms with Crippen molar-refractivity contribution in [2.45, 2.75) is 12.5 Å². The van der Waals surface area contributed by atoms with E-state index in [0.717, 1.165) is 26.2 Å². The molecule has 1 saturated heterocycles. The Hall–Kier alpha value is -1.24. The Morgan fingerprint density at radius 3 is 2.33 bits per heavy atom. The van der Waals surface area contributed by atoms with Gasteiger partial charge < -0.3 is 9.80 Å². The van der Waals surface area contributed by atoms with Gasteiger partial charge in [0.2, 0.25) is 5.91 Å². The van der Waals surface area contributed by atoms with Crippen molar-refractivity contribution in [3.8, 4) is 0 Å². The summed E-state index contributed by atoms with van der Waals surface area (Å²) in [5.74, 6) is 1.57. The van der Waals surface area contributed by atoms with Gasteiger partial charge in [-0.05, 0) is 19.7 Å². The van der Waals surface area contributed by atoms with Crippen LogP contribution >= 0.6 is 0 Å². The van der Waals surface area contributed by atoms with Crippen LogP contribution in [0.3, 0.4) is 0 Å². The molecule has 1 amide bonds. The number of hydrogen-bond donors (Lipinski definition) is 0. The smallest absolute Gasteiger partial charge is 0.224 e. The first-order chi connectivity index (χ1) is 11.5. The lowest BCUT2D eigenvalue weighted by atomic mass is 10.0. The largest absolute Gasteiger partial charge is 0.344 e. The average molecular weight is 352 g/mol. The summed E-state index contributed by atoms with van der Waals surface area (Å²) < 4.78 is 11.7. The minimum absolute atomic E-state index is 0.0674. The molecule has 1 atom stereocenters. The van der Waals surface area contributed by atoms with Crippen molar-refractivity contribution in [3.63, 3.8) is 0 Å². The van der Waals surface area contributed by atoms with Gasteiger partial charge in [0.25, 0.3) is 0 Å². The normalized spacial score (nSPS) is 17.8. The predicted molar refractivity (Wildman–Crippen MR) is 99.4 cm³/mol. The van der Waals surface area contributed by atoms with Gasteiger partial charge in [-0.1, -0.05) is 30.3 Å². The van der Waals surface area contributed by atoms with Crippen LogP contribution in [0.4, 0.5) is 0 Å². The predicted octanol–water partition coefficient (Wildman–Crippen LogP) is 1.20. The Morgan fingerprint density at radius 1 is 1.12 bits per heavy atom. The second kappa shape index (κ2) is 9.30. The number of nitrogens with zero attached hydrogens (tertiary/aromatic N) is 3. The molecule has 6 heteroatoms. The second-order valence-electron chi connectivity index (χ2n) is 6.63. The first kappa shape index (κ1) is 19.1. The Kier molecular flexibility index (Phi) is 7.40. The zero-order valence-corrected chi connectivity index (χ0v) is 15.8. The van der Waals surface area contributed by atoms with E-state index in [2.05, 4.69) is 21.9 Å². The summed E-state index contributed by atoms with van der Waals surface area (Å²) in [6, 6.07) is 10.3. The zero-order valence-electron chi connectivity index (χ0n) is 15.0. The maximum absolute atomic E-state index is 12.7. The van der Waals surface area contributed by atoms with Crippen molar-refractivity contribution < 1.29 is 9.00 Å². The lowest BCUT2D eigenvalue weighted by Crippen LogP contribution is -2.42. The fourth-order valence-corrected chi connectivity index (χ4v) is 3.97. The fraction of sp³-hybridized carbons (Fsp3) is 0.611. The van der Waals surface area contributed by atoms with Crippen LogP contribution in [-0.4, -0.2) is 83.6 Å². The summed E-state index contributed by atoms with van der Waals surface area (Å²) in [4.78, 5) is 18.9. The van der Waals surface area contributed by atoms with Gasteiger partial charge in [0.15, 0.2) is 0 Å². The van der Waals surface area contributed by atoms with Crippen molar-refractivity contribution in [2.24, 2.45) is 0 Å². The van der Waals surface area contributed by atoms with Crippen molar-refractivity contribution in [3.05, 3.63) is 35.9 Å². The molecule has 1 aromatic carbocycles. The van der Waals surface area contributed by atoms with Crippen LogP contribution in [0.25, 0.3) is 0 Å². The average Bonchev–Trinajstić information content (AvgIpc) is 2.59. The highest BCUT2D eigenvalue weighted by Crippen LogP contribution is 2.26. The lowest BCUT2D eigenvalue weighted by molar-refractivity contribution is -0.131. The van der Waals surface area contributed by atoms with E-state index in [0.29, 0.717) is 17.9 Å². The van der Waals surface area contributed by atoms with E-state index in [9.17, 15) is 9.00 Å². The second-order valence-corrected chi connectivity index (χ2v) is 8.33. The third kappa shape index (κ3) is 5.69. The summed E-state index contributed by atoms with van der Waals surface area (Å²) in [7, 11) is 5.19. The maximum atomic E-state index is 12.7. The monoisotopic (exact) mass is 351 g/mol. The number of likely N-dealkylation sites (N-methyl/N-ethyl adjacent to an activating group) is 2. The molecule has 2 rings (SSSR count). The molecule has 0 spiro atoms. The topological polar surface area (TPSA) is 43.9 Å². The first-order valence-corrected chi connectivity index (χ1v) is 9.99. The van der Waals surface area contributed by atoms with Gasteiger partial charge in [0, 0.05) is 68.0 Å². The molecule has 1 aliphatic rings. The standard InChI is InChI=1S/C18H29N3O2S/c1-19(2)9-10-20(3)18(22)15-17(16-7-5-4-6-8-16)21-11-13-24(23)14-12-21/h4-8,17H,9-15H2,1-3H3. The lowest BCUT2D eigenvalue weighted by Gasteiger charge is -2.35. The zero-order chi connectivity index (χ0) is 17.5. The molecule has 24 heavy (non-hydrogen) atoms. The van der Waals surface area contributed by atoms with Gasteiger partial charge in [-0.15, -0.1) is 0 Å². The van der Waals surface area contributed by atoms with E-state index in [1.807, 2.05) is 44.2 Å². The third-order valence-corrected chi connectivity index (χ3v) is 5.79. The van der Waals surface area contributed by atoms with Crippen molar-refractivity contribution >= 4 is 16.7 Å². The van der Waals surface area contributed by atoms with E-state index < -0.39 is 10.8 Å². The molecule has 1 fully saturated rings. The number of hydrogen-bond acceptors (Lipinski definition) is 4. The third-order valence-electron chi connectivity index (χ3n) is 4.51. The minimum atomic E-state index is -0.706. The van der Waals surface area contributed by atoms with Gasteiger partial charge in [0.1, 0.15) is 0 Å². The summed E-state index contributed by atoms with van der Waals surface area (Å²) >= 11 is 0. The minimum Gasteiger partial charge on any atom is -0.344 e. The van der Waals surface area contributed by atoms with Crippen molar-refractivity contribution in [1.82, 2.24) is 14.7 Å². The van der Waals surface area contributed by atoms with Gasteiger partial charge in [0.05, 0.1) is 0 Å². The van der Waals surface area contributed by atoms with Crippen LogP contribution in [0.1, 0.15) is 18.0 Å². The number of rotatable bonds is 7. The van der Waals surface area contributed by atoms with Crippen molar-refractivity contribution in [2.75, 3.05) is 58.8 Å². The molecule has 1 heterocycles. The Balaban J connectivity index is 2.06. The maximum Gasteiger partial charge on any atom is 0.224 e. The Labute approximate surface area is 148 Å². The first-order valence-electron chi connectivity index (χ1n) is 8.50. The summed E-state index contributed by atoms with van der Waals surface area (Å²) in [6.07, 6.45) is 0.473. The van der Waals surface area contributed by atoms with Crippen LogP contribution in [0, 0.1) is 0 Å². The van der Waals surface area contributed by atoms with E-state index in [4.69, 9.17) is 0 Å². The van der Waals surface area contributed by atoms with Crippen LogP contribution < -0.4 is 0 Å². The molecule has 1 unspecified atom stereocenters. The highest BCUT2D eigenvalue weighted by Gasteiger charge is 2.27. The van der Waals surface area contributed by atoms with Crippen LogP contribution in [0.2, 0.25) is 0 Å². The summed E-state index contributed by atoms with van der Waals surface area (Å²) in [6.45, 7) is 3.18. The van der Waals surface area contributed by atoms with Gasteiger partial charge in [-0.25, -0.2) is 0 Å². The SMILES string of the molecule is CN(C)CCN(C)C(=O)CC(c1ccccc1)N1CCS(=O)CC1. The number of carbonyl (C=O) groups is 1. The fourth-order valence-electron chi connectivity index (χ4n) is 2.89. The molecule has 0 aliphatic carbocycles. The van der Waals surface area contributed by atoms with E-state index in [1.165, 1.54) is 5.56 Å². The van der Waals surface area contributed by atoms with E-state index in [1.54, 1.807) is 0 Å². The van der Waals surface area contributed by atoms with E-state index in [-0.39, 0.29) is 11.9 Å². The van der Waals surface area contributed by atoms with Gasteiger partial charge >= 0.3 is 0 Å². The Bertz CT molecular complexity index is 540. The molecule has 0 bridgehead atoms. The molecular formula is C18H29N3O2S. The molecule has 0 saturated carbocycles. The molecule has 134 valence electrons. The molecular weight excluding hydrogens is 322 g/mol.